The predicted molar refractivity (Wildman–Crippen MR) is 132 cm³/mol. The standard InChI is InChI=1S/C25H48O3Si2/c1-19(27-30(10,11)23(5,6)7)21-14-16-24-15-12-20(13-17-25(21,24)28-24)18-26-29(8,9)22(2,3)4/h12,15,19-21H,13-14,16-18H2,1-11H3/t19-,20+,21+,24-,25+/m1/s1. The summed E-state index contributed by atoms with van der Waals surface area (Å²) < 4.78 is 20.0. The van der Waals surface area contributed by atoms with Crippen molar-refractivity contribution in [2.24, 2.45) is 11.8 Å². The Kier molecular flexibility index (Phi) is 6.21. The van der Waals surface area contributed by atoms with Crippen molar-refractivity contribution in [1.29, 1.82) is 0 Å². The highest BCUT2D eigenvalue weighted by Gasteiger charge is 2.76. The van der Waals surface area contributed by atoms with Crippen LogP contribution in [0.2, 0.25) is 36.3 Å². The quantitative estimate of drug-likeness (QED) is 0.240. The number of epoxide rings is 1. The highest BCUT2D eigenvalue weighted by Crippen LogP contribution is 2.68. The minimum Gasteiger partial charge on any atom is -0.416 e. The van der Waals surface area contributed by atoms with Gasteiger partial charge in [-0.1, -0.05) is 53.7 Å². The molecule has 0 radical (unpaired) electrons. The Labute approximate surface area is 188 Å². The second kappa shape index (κ2) is 7.54. The smallest absolute Gasteiger partial charge is 0.192 e. The van der Waals surface area contributed by atoms with Gasteiger partial charge in [0.05, 0.1) is 0 Å². The predicted octanol–water partition coefficient (Wildman–Crippen LogP) is 7.30. The SMILES string of the molecule is C[C@@H](O[Si](C)(C)C(C)(C)C)[C@@H]1CC[C@]23C=C[C@H](CO[Si](C)(C)C(C)(C)C)CC[C@]12O3. The van der Waals surface area contributed by atoms with E-state index in [4.69, 9.17) is 13.6 Å². The zero-order valence-corrected chi connectivity index (χ0v) is 23.6. The van der Waals surface area contributed by atoms with E-state index in [0.717, 1.165) is 25.9 Å². The maximum Gasteiger partial charge on any atom is 0.192 e. The Balaban J connectivity index is 1.66. The molecule has 30 heavy (non-hydrogen) atoms. The van der Waals surface area contributed by atoms with Crippen LogP contribution in [0.15, 0.2) is 12.2 Å². The molecule has 0 unspecified atom stereocenters. The van der Waals surface area contributed by atoms with Gasteiger partial charge < -0.3 is 13.6 Å². The van der Waals surface area contributed by atoms with Crippen molar-refractivity contribution in [3.63, 3.8) is 0 Å². The third-order valence-corrected chi connectivity index (χ3v) is 18.4. The molecule has 0 amide bonds. The second-order valence-electron chi connectivity index (χ2n) is 13.3. The molecule has 1 aliphatic heterocycles. The molecule has 0 bridgehead atoms. The summed E-state index contributed by atoms with van der Waals surface area (Å²) in [4.78, 5) is 0. The van der Waals surface area contributed by atoms with Crippen molar-refractivity contribution in [1.82, 2.24) is 0 Å². The van der Waals surface area contributed by atoms with Crippen molar-refractivity contribution in [3.05, 3.63) is 12.2 Å². The van der Waals surface area contributed by atoms with Crippen LogP contribution in [0.3, 0.4) is 0 Å². The summed E-state index contributed by atoms with van der Waals surface area (Å²) >= 11 is 0. The van der Waals surface area contributed by atoms with Crippen LogP contribution in [0, 0.1) is 11.8 Å². The van der Waals surface area contributed by atoms with Crippen LogP contribution in [0.5, 0.6) is 0 Å². The first-order valence-electron chi connectivity index (χ1n) is 12.2. The molecule has 5 atom stereocenters. The van der Waals surface area contributed by atoms with Crippen LogP contribution < -0.4 is 0 Å². The fourth-order valence-electron chi connectivity index (χ4n) is 5.06. The monoisotopic (exact) mass is 452 g/mol. The lowest BCUT2D eigenvalue weighted by molar-refractivity contribution is 0.0567. The van der Waals surface area contributed by atoms with Gasteiger partial charge in [-0.25, -0.2) is 0 Å². The first-order valence-corrected chi connectivity index (χ1v) is 18.0. The Morgan fingerprint density at radius 2 is 1.57 bits per heavy atom. The first kappa shape index (κ1) is 24.7. The van der Waals surface area contributed by atoms with Gasteiger partial charge in [-0.2, -0.15) is 0 Å². The molecular formula is C25H48O3Si2. The van der Waals surface area contributed by atoms with Crippen LogP contribution in [0.4, 0.5) is 0 Å². The molecule has 2 fully saturated rings. The van der Waals surface area contributed by atoms with E-state index in [-0.39, 0.29) is 27.4 Å². The maximum absolute atomic E-state index is 6.84. The molecule has 2 aliphatic carbocycles. The summed E-state index contributed by atoms with van der Waals surface area (Å²) in [6.07, 6.45) is 9.78. The largest absolute Gasteiger partial charge is 0.416 e. The van der Waals surface area contributed by atoms with E-state index in [9.17, 15) is 0 Å². The topological polar surface area (TPSA) is 31.0 Å². The molecular weight excluding hydrogens is 404 g/mol. The van der Waals surface area contributed by atoms with E-state index >= 15 is 0 Å². The molecule has 1 saturated heterocycles. The summed E-state index contributed by atoms with van der Waals surface area (Å²) in [7, 11) is -3.48. The number of hydrogen-bond acceptors (Lipinski definition) is 3. The highest BCUT2D eigenvalue weighted by molar-refractivity contribution is 6.74. The fourth-order valence-corrected chi connectivity index (χ4v) is 7.57. The molecule has 1 saturated carbocycles. The van der Waals surface area contributed by atoms with Crippen LogP contribution >= 0.6 is 0 Å². The first-order chi connectivity index (χ1) is 13.5. The highest BCUT2D eigenvalue weighted by atomic mass is 28.4. The number of hydrogen-bond donors (Lipinski definition) is 0. The summed E-state index contributed by atoms with van der Waals surface area (Å²) in [6, 6.07) is 0. The third-order valence-electron chi connectivity index (χ3n) is 9.31. The zero-order valence-electron chi connectivity index (χ0n) is 21.6. The lowest BCUT2D eigenvalue weighted by Crippen LogP contribution is -2.47. The lowest BCUT2D eigenvalue weighted by Gasteiger charge is -2.41. The molecule has 3 rings (SSSR count). The molecule has 174 valence electrons. The average Bonchev–Trinajstić information content (AvgIpc) is 3.12. The van der Waals surface area contributed by atoms with E-state index in [2.05, 4.69) is 86.8 Å². The van der Waals surface area contributed by atoms with Gasteiger partial charge in [-0.05, 0) is 74.8 Å². The summed E-state index contributed by atoms with van der Waals surface area (Å²) in [5.41, 5.74) is -0.00849. The molecule has 5 heteroatoms. The van der Waals surface area contributed by atoms with Crippen molar-refractivity contribution in [2.45, 2.75) is 128 Å². The van der Waals surface area contributed by atoms with Crippen LogP contribution in [-0.2, 0) is 13.6 Å². The molecule has 3 nitrogen and oxygen atoms in total. The van der Waals surface area contributed by atoms with Gasteiger partial charge >= 0.3 is 0 Å². The molecule has 3 aliphatic rings. The van der Waals surface area contributed by atoms with Gasteiger partial charge in [0, 0.05) is 18.6 Å². The summed E-state index contributed by atoms with van der Waals surface area (Å²) in [6.45, 7) is 26.6. The van der Waals surface area contributed by atoms with Crippen LogP contribution in [-0.4, -0.2) is 40.5 Å². The van der Waals surface area contributed by atoms with Crippen molar-refractivity contribution >= 4 is 16.6 Å². The second-order valence-corrected chi connectivity index (χ2v) is 22.9. The van der Waals surface area contributed by atoms with Gasteiger partial charge in [0.15, 0.2) is 16.6 Å². The number of rotatable bonds is 6. The molecule has 1 heterocycles. The van der Waals surface area contributed by atoms with Crippen molar-refractivity contribution in [3.8, 4) is 0 Å². The van der Waals surface area contributed by atoms with Crippen LogP contribution in [0.25, 0.3) is 0 Å². The Hall–Kier alpha value is 0.0538. The Bertz CT molecular complexity index is 673. The van der Waals surface area contributed by atoms with Gasteiger partial charge in [0.25, 0.3) is 0 Å². The minimum atomic E-state index is -1.78. The van der Waals surface area contributed by atoms with Crippen molar-refractivity contribution in [2.75, 3.05) is 6.61 Å². The van der Waals surface area contributed by atoms with E-state index < -0.39 is 16.6 Å². The molecule has 0 spiro atoms. The maximum atomic E-state index is 6.84. The van der Waals surface area contributed by atoms with Crippen molar-refractivity contribution < 1.29 is 13.6 Å². The van der Waals surface area contributed by atoms with Crippen LogP contribution in [0.1, 0.15) is 74.1 Å². The van der Waals surface area contributed by atoms with E-state index in [0.29, 0.717) is 11.8 Å². The minimum absolute atomic E-state index is 0.0109. The van der Waals surface area contributed by atoms with E-state index in [1.807, 2.05) is 0 Å². The van der Waals surface area contributed by atoms with Gasteiger partial charge in [0.1, 0.15) is 11.2 Å². The molecule has 0 N–H and O–H groups in total. The molecule has 0 aromatic rings. The summed E-state index contributed by atoms with van der Waals surface area (Å²) in [5.74, 6) is 1.02. The van der Waals surface area contributed by atoms with Gasteiger partial charge in [0.2, 0.25) is 0 Å². The molecule has 0 aromatic heterocycles. The van der Waals surface area contributed by atoms with Gasteiger partial charge in [-0.3, -0.25) is 0 Å². The zero-order chi connectivity index (χ0) is 22.8. The normalized spacial score (nSPS) is 35.6. The lowest BCUT2D eigenvalue weighted by atomic mass is 9.83. The Morgan fingerprint density at radius 1 is 0.967 bits per heavy atom. The summed E-state index contributed by atoms with van der Waals surface area (Å²) in [5, 5.41) is 0.511. The van der Waals surface area contributed by atoms with E-state index in [1.54, 1.807) is 0 Å². The Morgan fingerprint density at radius 3 is 2.13 bits per heavy atom. The van der Waals surface area contributed by atoms with Gasteiger partial charge in [-0.15, -0.1) is 0 Å². The number of ether oxygens (including phenoxy) is 1. The fraction of sp³-hybridized carbons (Fsp3) is 0.920. The third kappa shape index (κ3) is 4.18. The average molecular weight is 453 g/mol. The van der Waals surface area contributed by atoms with E-state index in [1.165, 1.54) is 6.42 Å². The molecule has 0 aromatic carbocycles.